The molecule has 0 aliphatic rings. The molecule has 7 heteroatoms. The zero-order valence-corrected chi connectivity index (χ0v) is 9.44. The van der Waals surface area contributed by atoms with E-state index in [-0.39, 0.29) is 5.58 Å². The van der Waals surface area contributed by atoms with Gasteiger partial charge in [-0.25, -0.2) is 9.78 Å². The first-order valence-electron chi connectivity index (χ1n) is 5.29. The quantitative estimate of drug-likeness (QED) is 0.718. The monoisotopic (exact) mass is 257 g/mol. The lowest BCUT2D eigenvalue weighted by Gasteiger charge is -1.98. The second-order valence-corrected chi connectivity index (χ2v) is 3.77. The molecule has 0 saturated heterocycles. The van der Waals surface area contributed by atoms with Gasteiger partial charge in [0.2, 0.25) is 5.58 Å². The van der Waals surface area contributed by atoms with Gasteiger partial charge in [-0.15, -0.1) is 0 Å². The van der Waals surface area contributed by atoms with Gasteiger partial charge in [-0.05, 0) is 12.1 Å². The Bertz CT molecular complexity index is 767. The van der Waals surface area contributed by atoms with Crippen molar-refractivity contribution in [2.75, 3.05) is 0 Å². The van der Waals surface area contributed by atoms with Crippen LogP contribution >= 0.6 is 0 Å². The van der Waals surface area contributed by atoms with Crippen LogP contribution in [0.2, 0.25) is 0 Å². The van der Waals surface area contributed by atoms with E-state index in [1.54, 1.807) is 24.5 Å². The fourth-order valence-electron chi connectivity index (χ4n) is 1.76. The predicted molar refractivity (Wildman–Crippen MR) is 63.7 cm³/mol. The zero-order chi connectivity index (χ0) is 13.4. The van der Waals surface area contributed by atoms with Crippen LogP contribution < -0.4 is 0 Å². The van der Waals surface area contributed by atoms with Crippen molar-refractivity contribution in [2.45, 2.75) is 0 Å². The Balaban J connectivity index is 2.26. The van der Waals surface area contributed by atoms with Gasteiger partial charge in [-0.3, -0.25) is 4.98 Å². The smallest absolute Gasteiger partial charge is 0.358 e. The number of aromatic carboxylic acids is 1. The second kappa shape index (κ2) is 4.05. The number of hydrogen-bond donors (Lipinski definition) is 2. The van der Waals surface area contributed by atoms with Crippen LogP contribution in [0.3, 0.4) is 0 Å². The molecule has 19 heavy (non-hydrogen) atoms. The van der Waals surface area contributed by atoms with Crippen LogP contribution in [-0.2, 0) is 0 Å². The Morgan fingerprint density at radius 2 is 2.00 bits per heavy atom. The highest BCUT2D eigenvalue weighted by Gasteiger charge is 2.20. The van der Waals surface area contributed by atoms with E-state index < -0.39 is 17.4 Å². The molecule has 0 atom stereocenters. The van der Waals surface area contributed by atoms with Gasteiger partial charge in [-0.2, -0.15) is 0 Å². The van der Waals surface area contributed by atoms with Crippen LogP contribution in [0.1, 0.15) is 10.5 Å². The third kappa shape index (κ3) is 1.68. The molecule has 3 heterocycles. The zero-order valence-electron chi connectivity index (χ0n) is 9.44. The average molecular weight is 257 g/mol. The topological polar surface area (TPSA) is 109 Å². The molecule has 3 aromatic heterocycles. The van der Waals surface area contributed by atoms with E-state index >= 15 is 0 Å². The summed E-state index contributed by atoms with van der Waals surface area (Å²) in [6.45, 7) is 0. The molecule has 0 unspecified atom stereocenters. The first-order chi connectivity index (χ1) is 9.18. The van der Waals surface area contributed by atoms with E-state index in [9.17, 15) is 9.90 Å². The minimum atomic E-state index is -1.33. The molecule has 0 saturated carbocycles. The highest BCUT2D eigenvalue weighted by atomic mass is 16.5. The van der Waals surface area contributed by atoms with Crippen LogP contribution in [-0.4, -0.2) is 31.3 Å². The molecule has 2 N–H and O–H groups in total. The van der Waals surface area contributed by atoms with Gasteiger partial charge in [0.25, 0.3) is 0 Å². The summed E-state index contributed by atoms with van der Waals surface area (Å²) in [6, 6.07) is 3.44. The summed E-state index contributed by atoms with van der Waals surface area (Å²) in [6.07, 6.45) is 4.49. The van der Waals surface area contributed by atoms with Crippen molar-refractivity contribution < 1.29 is 19.5 Å². The summed E-state index contributed by atoms with van der Waals surface area (Å²) >= 11 is 0. The highest BCUT2D eigenvalue weighted by molar-refractivity contribution is 6.00. The lowest BCUT2D eigenvalue weighted by atomic mass is 10.1. The van der Waals surface area contributed by atoms with Crippen LogP contribution in [0.5, 0.6) is 5.75 Å². The van der Waals surface area contributed by atoms with Crippen molar-refractivity contribution in [3.8, 4) is 17.0 Å². The van der Waals surface area contributed by atoms with Gasteiger partial charge < -0.3 is 14.7 Å². The van der Waals surface area contributed by atoms with Crippen LogP contribution in [0.25, 0.3) is 22.2 Å². The summed E-state index contributed by atoms with van der Waals surface area (Å²) in [5.41, 5.74) is 0.735. The highest BCUT2D eigenvalue weighted by Crippen LogP contribution is 2.33. The van der Waals surface area contributed by atoms with E-state index in [1.807, 2.05) is 0 Å². The lowest BCUT2D eigenvalue weighted by molar-refractivity contribution is 0.0687. The molecule has 0 aliphatic heterocycles. The largest absolute Gasteiger partial charge is 0.502 e. The molecular weight excluding hydrogens is 250 g/mol. The van der Waals surface area contributed by atoms with Crippen molar-refractivity contribution in [2.24, 2.45) is 0 Å². The molecule has 0 fully saturated rings. The number of pyridine rings is 2. The van der Waals surface area contributed by atoms with Crippen molar-refractivity contribution in [1.82, 2.24) is 15.1 Å². The molecule has 0 bridgehead atoms. The van der Waals surface area contributed by atoms with Crippen molar-refractivity contribution in [1.29, 1.82) is 0 Å². The normalized spacial score (nSPS) is 10.7. The third-order valence-electron chi connectivity index (χ3n) is 2.65. The second-order valence-electron chi connectivity index (χ2n) is 3.77. The summed E-state index contributed by atoms with van der Waals surface area (Å²) in [4.78, 5) is 18.4. The Morgan fingerprint density at radius 3 is 2.68 bits per heavy atom. The first-order valence-corrected chi connectivity index (χ1v) is 5.29. The first kappa shape index (κ1) is 11.1. The maximum Gasteiger partial charge on any atom is 0.358 e. The fourth-order valence-corrected chi connectivity index (χ4v) is 1.76. The summed E-state index contributed by atoms with van der Waals surface area (Å²) in [5, 5.41) is 22.9. The maximum absolute atomic E-state index is 10.8. The molecule has 3 rings (SSSR count). The number of carboxylic acids is 1. The number of hydrogen-bond acceptors (Lipinski definition) is 6. The molecule has 0 aliphatic carbocycles. The number of rotatable bonds is 2. The van der Waals surface area contributed by atoms with E-state index in [0.717, 1.165) is 5.56 Å². The molecule has 0 aromatic carbocycles. The summed E-state index contributed by atoms with van der Waals surface area (Å²) in [5.74, 6) is -1.86. The number of aromatic nitrogens is 3. The van der Waals surface area contributed by atoms with Gasteiger partial charge in [0.05, 0.1) is 5.39 Å². The van der Waals surface area contributed by atoms with E-state index in [1.165, 1.54) is 6.20 Å². The summed E-state index contributed by atoms with van der Waals surface area (Å²) in [7, 11) is 0. The summed E-state index contributed by atoms with van der Waals surface area (Å²) < 4.78 is 5.00. The molecule has 0 radical (unpaired) electrons. The maximum atomic E-state index is 10.8. The van der Waals surface area contributed by atoms with E-state index in [2.05, 4.69) is 15.1 Å². The minimum absolute atomic E-state index is 0.000729. The van der Waals surface area contributed by atoms with Crippen molar-refractivity contribution in [3.05, 3.63) is 36.4 Å². The molecule has 0 amide bonds. The van der Waals surface area contributed by atoms with Crippen LogP contribution in [0.15, 0.2) is 35.2 Å². The Hall–Kier alpha value is -2.96. The lowest BCUT2D eigenvalue weighted by Crippen LogP contribution is -2.00. The van der Waals surface area contributed by atoms with Gasteiger partial charge in [-0.1, -0.05) is 5.16 Å². The molecular formula is C12H7N3O4. The SMILES string of the molecule is O=C(O)c1ncc2c(-c3ccncc3)noc2c1O. The van der Waals surface area contributed by atoms with Gasteiger partial charge >= 0.3 is 5.97 Å². The number of nitrogens with zero attached hydrogens (tertiary/aromatic N) is 3. The molecule has 0 spiro atoms. The number of fused-ring (bicyclic) bond motifs is 1. The van der Waals surface area contributed by atoms with Gasteiger partial charge in [0.1, 0.15) is 5.69 Å². The Kier molecular flexibility index (Phi) is 2.38. The number of carboxylic acid groups (broad SMARTS) is 1. The van der Waals surface area contributed by atoms with E-state index in [4.69, 9.17) is 9.63 Å². The molecule has 3 aromatic rings. The average Bonchev–Trinajstić information content (AvgIpc) is 2.84. The minimum Gasteiger partial charge on any atom is -0.502 e. The van der Waals surface area contributed by atoms with Crippen LogP contribution in [0, 0.1) is 0 Å². The number of aromatic hydroxyl groups is 1. The predicted octanol–water partition coefficient (Wildman–Crippen LogP) is 1.69. The Labute approximate surface area is 106 Å². The molecule has 7 nitrogen and oxygen atoms in total. The number of carbonyl (C=O) groups is 1. The fraction of sp³-hybridized carbons (Fsp3) is 0. The standard InChI is InChI=1S/C12H7N3O4/c16-10-9(12(17)18)14-5-7-8(15-19-11(7)10)6-1-3-13-4-2-6/h1-5,16H,(H,17,18). The van der Waals surface area contributed by atoms with E-state index in [0.29, 0.717) is 11.1 Å². The van der Waals surface area contributed by atoms with Crippen molar-refractivity contribution >= 4 is 16.9 Å². The van der Waals surface area contributed by atoms with Crippen molar-refractivity contribution in [3.63, 3.8) is 0 Å². The van der Waals surface area contributed by atoms with Gasteiger partial charge in [0.15, 0.2) is 11.4 Å². The Morgan fingerprint density at radius 1 is 1.26 bits per heavy atom. The van der Waals surface area contributed by atoms with Gasteiger partial charge in [0, 0.05) is 24.2 Å². The third-order valence-corrected chi connectivity index (χ3v) is 2.65. The van der Waals surface area contributed by atoms with Crippen LogP contribution in [0.4, 0.5) is 0 Å². The molecule has 94 valence electrons.